The zero-order valence-corrected chi connectivity index (χ0v) is 16.1. The van der Waals surface area contributed by atoms with E-state index in [1.54, 1.807) is 18.2 Å². The number of ketones is 1. The van der Waals surface area contributed by atoms with Crippen molar-refractivity contribution in [2.45, 2.75) is 44.9 Å². The van der Waals surface area contributed by atoms with Crippen molar-refractivity contribution < 1.29 is 14.3 Å². The van der Waals surface area contributed by atoms with E-state index in [-0.39, 0.29) is 17.0 Å². The highest BCUT2D eigenvalue weighted by Crippen LogP contribution is 2.60. The summed E-state index contributed by atoms with van der Waals surface area (Å²) in [6, 6.07) is 12.2. The molecule has 28 heavy (non-hydrogen) atoms. The van der Waals surface area contributed by atoms with E-state index in [9.17, 15) is 14.3 Å². The molecule has 3 aliphatic carbocycles. The van der Waals surface area contributed by atoms with Gasteiger partial charge >= 0.3 is 0 Å². The van der Waals surface area contributed by atoms with Crippen molar-refractivity contribution in [3.8, 4) is 5.75 Å². The molecule has 0 aliphatic heterocycles. The number of rotatable bonds is 1. The molecule has 1 N–H and O–H groups in total. The monoisotopic (exact) mass is 376 g/mol. The first-order chi connectivity index (χ1) is 13.5. The van der Waals surface area contributed by atoms with Gasteiger partial charge in [0.25, 0.3) is 0 Å². The number of hydrogen-bond acceptors (Lipinski definition) is 2. The fraction of sp³-hybridized carbons (Fsp3) is 0.400. The first kappa shape index (κ1) is 17.7. The highest BCUT2D eigenvalue weighted by atomic mass is 19.1. The highest BCUT2D eigenvalue weighted by Gasteiger charge is 2.56. The number of aryl methyl sites for hydroxylation is 1. The van der Waals surface area contributed by atoms with Gasteiger partial charge in [0.1, 0.15) is 11.6 Å². The summed E-state index contributed by atoms with van der Waals surface area (Å²) in [7, 11) is 0. The number of aromatic hydroxyl groups is 1. The van der Waals surface area contributed by atoms with E-state index in [1.165, 1.54) is 23.3 Å². The number of hydrogen-bond donors (Lipinski definition) is 1. The SMILES string of the molecule is C[C@]12CC[C@@H]3c4ccc(O)cc4CC[C@H]3[C@@H]1CC(=Cc1ccc(F)cc1)C2=O. The normalized spacial score (nSPS) is 32.7. The second-order valence-electron chi connectivity index (χ2n) is 9.01. The van der Waals surface area contributed by atoms with Gasteiger partial charge < -0.3 is 5.11 Å². The second kappa shape index (κ2) is 6.30. The van der Waals surface area contributed by atoms with Crippen LogP contribution in [-0.2, 0) is 11.2 Å². The van der Waals surface area contributed by atoms with Crippen molar-refractivity contribution in [1.29, 1.82) is 0 Å². The minimum absolute atomic E-state index is 0.254. The second-order valence-corrected chi connectivity index (χ2v) is 9.01. The van der Waals surface area contributed by atoms with Crippen LogP contribution in [0.4, 0.5) is 4.39 Å². The molecule has 144 valence electrons. The molecule has 0 spiro atoms. The molecule has 0 unspecified atom stereocenters. The minimum Gasteiger partial charge on any atom is -0.508 e. The maximum Gasteiger partial charge on any atom is 0.165 e. The molecular formula is C25H25FO2. The third-order valence-corrected chi connectivity index (χ3v) is 7.56. The lowest BCUT2D eigenvalue weighted by Crippen LogP contribution is -2.42. The minimum atomic E-state index is -0.276. The molecule has 0 amide bonds. The van der Waals surface area contributed by atoms with Gasteiger partial charge in [0.2, 0.25) is 0 Å². The summed E-state index contributed by atoms with van der Waals surface area (Å²) in [6.07, 6.45) is 6.79. The van der Waals surface area contributed by atoms with Crippen molar-refractivity contribution in [3.63, 3.8) is 0 Å². The maximum atomic E-state index is 13.3. The van der Waals surface area contributed by atoms with E-state index in [4.69, 9.17) is 0 Å². The average molecular weight is 376 g/mol. The molecule has 0 heterocycles. The van der Waals surface area contributed by atoms with E-state index in [0.29, 0.717) is 23.5 Å². The van der Waals surface area contributed by atoms with Crippen LogP contribution in [0.25, 0.3) is 6.08 Å². The van der Waals surface area contributed by atoms with Gasteiger partial charge in [-0.25, -0.2) is 4.39 Å². The first-order valence-electron chi connectivity index (χ1n) is 10.3. The number of benzene rings is 2. The van der Waals surface area contributed by atoms with E-state index in [0.717, 1.165) is 43.2 Å². The molecule has 2 saturated carbocycles. The summed E-state index contributed by atoms with van der Waals surface area (Å²) in [5, 5.41) is 9.83. The quantitative estimate of drug-likeness (QED) is 0.653. The van der Waals surface area contributed by atoms with Gasteiger partial charge in [0, 0.05) is 5.41 Å². The number of halogens is 1. The molecule has 2 aromatic rings. The Morgan fingerprint density at radius 2 is 1.93 bits per heavy atom. The predicted molar refractivity (Wildman–Crippen MR) is 107 cm³/mol. The third-order valence-electron chi connectivity index (χ3n) is 7.56. The molecule has 0 radical (unpaired) electrons. The molecule has 0 aromatic heterocycles. The van der Waals surface area contributed by atoms with Crippen molar-refractivity contribution in [2.24, 2.45) is 17.3 Å². The molecule has 5 rings (SSSR count). The Balaban J connectivity index is 1.48. The number of allylic oxidation sites excluding steroid dienone is 1. The van der Waals surface area contributed by atoms with Gasteiger partial charge in [0.15, 0.2) is 5.78 Å². The van der Waals surface area contributed by atoms with Gasteiger partial charge in [-0.2, -0.15) is 0 Å². The first-order valence-corrected chi connectivity index (χ1v) is 10.3. The Morgan fingerprint density at radius 1 is 1.14 bits per heavy atom. The van der Waals surface area contributed by atoms with E-state index >= 15 is 0 Å². The van der Waals surface area contributed by atoms with E-state index in [1.807, 2.05) is 12.1 Å². The van der Waals surface area contributed by atoms with Crippen LogP contribution in [0.15, 0.2) is 48.0 Å². The zero-order chi connectivity index (χ0) is 19.5. The predicted octanol–water partition coefficient (Wildman–Crippen LogP) is 5.65. The van der Waals surface area contributed by atoms with Gasteiger partial charge in [0.05, 0.1) is 0 Å². The molecule has 2 nitrogen and oxygen atoms in total. The number of phenolic OH excluding ortho intramolecular Hbond substituents is 1. The van der Waals surface area contributed by atoms with Gasteiger partial charge in [-0.1, -0.05) is 25.1 Å². The summed E-state index contributed by atoms with van der Waals surface area (Å²) in [4.78, 5) is 13.3. The van der Waals surface area contributed by atoms with Gasteiger partial charge in [-0.05, 0) is 102 Å². The van der Waals surface area contributed by atoms with Crippen LogP contribution in [0.5, 0.6) is 5.75 Å². The van der Waals surface area contributed by atoms with Crippen molar-refractivity contribution in [1.82, 2.24) is 0 Å². The summed E-state index contributed by atoms with van der Waals surface area (Å²) >= 11 is 0. The number of phenols is 1. The lowest BCUT2D eigenvalue weighted by atomic mass is 9.55. The molecule has 2 fully saturated rings. The summed E-state index contributed by atoms with van der Waals surface area (Å²) < 4.78 is 13.2. The van der Waals surface area contributed by atoms with Crippen molar-refractivity contribution >= 4 is 11.9 Å². The van der Waals surface area contributed by atoms with E-state index in [2.05, 4.69) is 13.0 Å². The molecule has 4 atom stereocenters. The van der Waals surface area contributed by atoms with Crippen molar-refractivity contribution in [3.05, 3.63) is 70.5 Å². The number of Topliss-reactive ketones (excluding diaryl/α,β-unsaturated/α-hetero) is 1. The molecule has 0 saturated heterocycles. The Hall–Kier alpha value is -2.42. The van der Waals surface area contributed by atoms with Crippen LogP contribution >= 0.6 is 0 Å². The summed E-state index contributed by atoms with van der Waals surface area (Å²) in [5.41, 5.74) is 4.17. The van der Waals surface area contributed by atoms with Crippen LogP contribution in [0.3, 0.4) is 0 Å². The molecule has 3 heteroatoms. The van der Waals surface area contributed by atoms with Crippen molar-refractivity contribution in [2.75, 3.05) is 0 Å². The molecule has 2 aromatic carbocycles. The Morgan fingerprint density at radius 3 is 2.71 bits per heavy atom. The smallest absolute Gasteiger partial charge is 0.165 e. The Bertz CT molecular complexity index is 975. The maximum absolute atomic E-state index is 13.3. The fourth-order valence-corrected chi connectivity index (χ4v) is 6.13. The lowest BCUT2D eigenvalue weighted by Gasteiger charge is -2.48. The molecule has 3 aliphatic rings. The lowest BCUT2D eigenvalue weighted by molar-refractivity contribution is -0.127. The zero-order valence-electron chi connectivity index (χ0n) is 16.1. The standard InChI is InChI=1S/C25H25FO2/c1-25-11-10-21-20-9-7-19(27)13-16(20)4-8-22(21)23(25)14-17(24(25)28)12-15-2-5-18(26)6-3-15/h2-3,5-7,9,12-13,21-23,27H,4,8,10-11,14H2,1H3/t21-,22-,23+,25+/m1/s1. The van der Waals surface area contributed by atoms with E-state index < -0.39 is 0 Å². The highest BCUT2D eigenvalue weighted by molar-refractivity contribution is 6.06. The van der Waals surface area contributed by atoms with Crippen LogP contribution in [-0.4, -0.2) is 10.9 Å². The van der Waals surface area contributed by atoms with Crippen LogP contribution in [0.2, 0.25) is 0 Å². The Kier molecular flexibility index (Phi) is 3.97. The topological polar surface area (TPSA) is 37.3 Å². The average Bonchev–Trinajstić information content (AvgIpc) is 2.94. The van der Waals surface area contributed by atoms with Crippen LogP contribution in [0.1, 0.15) is 55.2 Å². The number of fused-ring (bicyclic) bond motifs is 5. The van der Waals surface area contributed by atoms with Crippen LogP contribution < -0.4 is 0 Å². The Labute approximate surface area is 165 Å². The number of carbonyl (C=O) groups is 1. The summed E-state index contributed by atoms with van der Waals surface area (Å²) in [5.74, 6) is 1.75. The molecule has 0 bridgehead atoms. The summed E-state index contributed by atoms with van der Waals surface area (Å²) in [6.45, 7) is 2.16. The van der Waals surface area contributed by atoms with Gasteiger partial charge in [-0.15, -0.1) is 0 Å². The van der Waals surface area contributed by atoms with Gasteiger partial charge in [-0.3, -0.25) is 4.79 Å². The van der Waals surface area contributed by atoms with Crippen LogP contribution in [0, 0.1) is 23.1 Å². The number of carbonyl (C=O) groups excluding carboxylic acids is 1. The fourth-order valence-electron chi connectivity index (χ4n) is 6.13. The third kappa shape index (κ3) is 2.63. The largest absolute Gasteiger partial charge is 0.508 e. The molecular weight excluding hydrogens is 351 g/mol.